The SMILES string of the molecule is CCn1c(CNC(=O)c2nc3cc[nH]c3nc2N)[n+](C)c2ccccc21. The Morgan fingerprint density at radius 3 is 2.92 bits per heavy atom. The average molecular weight is 350 g/mol. The highest BCUT2D eigenvalue weighted by Gasteiger charge is 2.23. The van der Waals surface area contributed by atoms with Crippen LogP contribution in [0.25, 0.3) is 22.2 Å². The number of aryl methyl sites for hydroxylation is 2. The number of carbonyl (C=O) groups excluding carboxylic acids is 1. The molecule has 0 bridgehead atoms. The van der Waals surface area contributed by atoms with E-state index in [1.54, 1.807) is 12.3 Å². The normalized spacial score (nSPS) is 11.3. The summed E-state index contributed by atoms with van der Waals surface area (Å²) < 4.78 is 4.27. The molecule has 4 N–H and O–H groups in total. The smallest absolute Gasteiger partial charge is 0.276 e. The van der Waals surface area contributed by atoms with Crippen LogP contribution in [0.4, 0.5) is 5.82 Å². The summed E-state index contributed by atoms with van der Waals surface area (Å²) in [5.74, 6) is 0.764. The number of rotatable bonds is 4. The van der Waals surface area contributed by atoms with E-state index in [0.29, 0.717) is 17.7 Å². The Balaban J connectivity index is 1.64. The topological polar surface area (TPSA) is 105 Å². The fourth-order valence-corrected chi connectivity index (χ4v) is 3.30. The predicted octanol–water partition coefficient (Wildman–Crippen LogP) is 1.27. The minimum Gasteiger partial charge on any atom is -0.382 e. The predicted molar refractivity (Wildman–Crippen MR) is 98.3 cm³/mol. The number of hydrogen-bond donors (Lipinski definition) is 3. The number of aromatic amines is 1. The number of hydrogen-bond acceptors (Lipinski definition) is 4. The van der Waals surface area contributed by atoms with E-state index < -0.39 is 0 Å². The first-order chi connectivity index (χ1) is 12.6. The summed E-state index contributed by atoms with van der Waals surface area (Å²) in [4.78, 5) is 24.0. The fraction of sp³-hybridized carbons (Fsp3) is 0.222. The number of fused-ring (bicyclic) bond motifs is 2. The standard InChI is InChI=1S/C18H19N7O/c1-3-25-13-7-5-4-6-12(13)24(2)14(25)10-21-18(26)15-16(19)23-17-11(22-15)8-9-20-17/h4-9H,3,10H2,1-2H3,(H3-,19,20,21,22,23,26)/p+1. The van der Waals surface area contributed by atoms with E-state index in [2.05, 4.69) is 48.5 Å². The molecule has 0 aliphatic heterocycles. The molecule has 8 heteroatoms. The summed E-state index contributed by atoms with van der Waals surface area (Å²) in [6, 6.07) is 9.92. The second-order valence-corrected chi connectivity index (χ2v) is 6.06. The van der Waals surface area contributed by atoms with Crippen molar-refractivity contribution in [1.82, 2.24) is 24.8 Å². The summed E-state index contributed by atoms with van der Waals surface area (Å²) in [6.07, 6.45) is 1.71. The molecule has 3 aromatic heterocycles. The monoisotopic (exact) mass is 350 g/mol. The van der Waals surface area contributed by atoms with Gasteiger partial charge in [0, 0.05) is 6.20 Å². The van der Waals surface area contributed by atoms with Crippen LogP contribution in [0.15, 0.2) is 36.5 Å². The highest BCUT2D eigenvalue weighted by Crippen LogP contribution is 2.15. The van der Waals surface area contributed by atoms with Gasteiger partial charge in [0.05, 0.1) is 13.6 Å². The summed E-state index contributed by atoms with van der Waals surface area (Å²) >= 11 is 0. The number of H-pyrrole nitrogens is 1. The van der Waals surface area contributed by atoms with Crippen LogP contribution in [0.5, 0.6) is 0 Å². The molecule has 1 amide bonds. The highest BCUT2D eigenvalue weighted by molar-refractivity contribution is 5.98. The molecule has 0 atom stereocenters. The number of para-hydroxylation sites is 2. The molecule has 4 aromatic rings. The van der Waals surface area contributed by atoms with Gasteiger partial charge in [-0.2, -0.15) is 0 Å². The number of imidazole rings is 1. The van der Waals surface area contributed by atoms with Crippen molar-refractivity contribution in [3.05, 3.63) is 48.0 Å². The zero-order valence-corrected chi connectivity index (χ0v) is 14.7. The Morgan fingerprint density at radius 1 is 1.31 bits per heavy atom. The molecule has 26 heavy (non-hydrogen) atoms. The van der Waals surface area contributed by atoms with Crippen LogP contribution in [0, 0.1) is 0 Å². The molecule has 0 saturated carbocycles. The number of nitrogens with zero attached hydrogens (tertiary/aromatic N) is 4. The molecule has 0 radical (unpaired) electrons. The second-order valence-electron chi connectivity index (χ2n) is 6.06. The van der Waals surface area contributed by atoms with Gasteiger partial charge in [0.2, 0.25) is 0 Å². The van der Waals surface area contributed by atoms with E-state index in [1.165, 1.54) is 0 Å². The van der Waals surface area contributed by atoms with Crippen LogP contribution < -0.4 is 15.6 Å². The van der Waals surface area contributed by atoms with Crippen molar-refractivity contribution in [2.75, 3.05) is 5.73 Å². The van der Waals surface area contributed by atoms with Gasteiger partial charge in [-0.05, 0) is 25.1 Å². The Morgan fingerprint density at radius 2 is 2.12 bits per heavy atom. The van der Waals surface area contributed by atoms with Crippen molar-refractivity contribution in [1.29, 1.82) is 0 Å². The van der Waals surface area contributed by atoms with Crippen molar-refractivity contribution in [2.24, 2.45) is 7.05 Å². The quantitative estimate of drug-likeness (QED) is 0.482. The van der Waals surface area contributed by atoms with Crippen molar-refractivity contribution < 1.29 is 9.36 Å². The van der Waals surface area contributed by atoms with Gasteiger partial charge in [-0.3, -0.25) is 4.79 Å². The number of anilines is 1. The third kappa shape index (κ3) is 2.46. The molecule has 0 fully saturated rings. The molecule has 0 unspecified atom stereocenters. The Hall–Kier alpha value is -3.42. The number of amides is 1. The van der Waals surface area contributed by atoms with Crippen molar-refractivity contribution in [3.8, 4) is 0 Å². The molecule has 4 rings (SSSR count). The average Bonchev–Trinajstić information content (AvgIpc) is 3.21. The van der Waals surface area contributed by atoms with Crippen LogP contribution in [-0.4, -0.2) is 25.4 Å². The fourth-order valence-electron chi connectivity index (χ4n) is 3.30. The van der Waals surface area contributed by atoms with Gasteiger partial charge in [0.1, 0.15) is 12.1 Å². The van der Waals surface area contributed by atoms with Gasteiger partial charge >= 0.3 is 0 Å². The number of nitrogens with one attached hydrogen (secondary N) is 2. The minimum atomic E-state index is -0.342. The largest absolute Gasteiger partial charge is 0.382 e. The van der Waals surface area contributed by atoms with E-state index in [4.69, 9.17) is 5.73 Å². The number of aromatic nitrogens is 5. The molecule has 0 aliphatic rings. The van der Waals surface area contributed by atoms with E-state index in [-0.39, 0.29) is 17.4 Å². The van der Waals surface area contributed by atoms with Crippen LogP contribution in [0.1, 0.15) is 23.2 Å². The molecule has 0 aliphatic carbocycles. The number of nitrogens with two attached hydrogens (primary N) is 1. The first kappa shape index (κ1) is 16.1. The lowest BCUT2D eigenvalue weighted by Crippen LogP contribution is -2.38. The van der Waals surface area contributed by atoms with E-state index in [0.717, 1.165) is 23.4 Å². The van der Waals surface area contributed by atoms with Crippen molar-refractivity contribution >= 4 is 33.9 Å². The van der Waals surface area contributed by atoms with E-state index in [1.807, 2.05) is 19.2 Å². The second kappa shape index (κ2) is 6.14. The van der Waals surface area contributed by atoms with Crippen molar-refractivity contribution in [2.45, 2.75) is 20.0 Å². The van der Waals surface area contributed by atoms with Crippen molar-refractivity contribution in [3.63, 3.8) is 0 Å². The van der Waals surface area contributed by atoms with Crippen LogP contribution in [0.3, 0.4) is 0 Å². The summed E-state index contributed by atoms with van der Waals surface area (Å²) in [5, 5.41) is 2.92. The number of carbonyl (C=O) groups is 1. The van der Waals surface area contributed by atoms with E-state index in [9.17, 15) is 4.79 Å². The van der Waals surface area contributed by atoms with Gasteiger partial charge < -0.3 is 16.0 Å². The third-order valence-electron chi connectivity index (χ3n) is 4.58. The maximum Gasteiger partial charge on any atom is 0.276 e. The molecule has 8 nitrogen and oxygen atoms in total. The van der Waals surface area contributed by atoms with Crippen LogP contribution >= 0.6 is 0 Å². The first-order valence-corrected chi connectivity index (χ1v) is 8.45. The van der Waals surface area contributed by atoms with Gasteiger partial charge in [-0.15, -0.1) is 0 Å². The first-order valence-electron chi connectivity index (χ1n) is 8.45. The number of nitrogen functional groups attached to an aromatic ring is 1. The lowest BCUT2D eigenvalue weighted by Gasteiger charge is -2.06. The minimum absolute atomic E-state index is 0.109. The zero-order chi connectivity index (χ0) is 18.3. The molecular formula is C18H20N7O+. The van der Waals surface area contributed by atoms with Gasteiger partial charge in [-0.1, -0.05) is 12.1 Å². The maximum atomic E-state index is 12.6. The lowest BCUT2D eigenvalue weighted by molar-refractivity contribution is -0.654. The molecule has 1 aromatic carbocycles. The van der Waals surface area contributed by atoms with E-state index >= 15 is 0 Å². The summed E-state index contributed by atoms with van der Waals surface area (Å²) in [5.41, 5.74) is 9.46. The zero-order valence-electron chi connectivity index (χ0n) is 14.7. The molecule has 0 saturated heterocycles. The van der Waals surface area contributed by atoms with Crippen LogP contribution in [-0.2, 0) is 20.1 Å². The molecular weight excluding hydrogens is 330 g/mol. The Labute approximate surface area is 149 Å². The highest BCUT2D eigenvalue weighted by atomic mass is 16.1. The maximum absolute atomic E-state index is 12.6. The van der Waals surface area contributed by atoms with Gasteiger partial charge in [-0.25, -0.2) is 19.1 Å². The van der Waals surface area contributed by atoms with Gasteiger partial charge in [0.25, 0.3) is 11.7 Å². The Kier molecular flexibility index (Phi) is 3.80. The van der Waals surface area contributed by atoms with Crippen LogP contribution in [0.2, 0.25) is 0 Å². The van der Waals surface area contributed by atoms with Gasteiger partial charge in [0.15, 0.2) is 28.2 Å². The molecule has 3 heterocycles. The third-order valence-corrected chi connectivity index (χ3v) is 4.58. The molecule has 132 valence electrons. The number of benzene rings is 1. The summed E-state index contributed by atoms with van der Waals surface area (Å²) in [7, 11) is 2.00. The lowest BCUT2D eigenvalue weighted by atomic mass is 10.3. The Bertz CT molecular complexity index is 1130. The summed E-state index contributed by atoms with van der Waals surface area (Å²) in [6.45, 7) is 3.26. The molecule has 0 spiro atoms.